The van der Waals surface area contributed by atoms with E-state index in [4.69, 9.17) is 15.2 Å². The van der Waals surface area contributed by atoms with Crippen molar-refractivity contribution in [1.29, 1.82) is 0 Å². The number of carbonyl (C=O) groups is 1. The lowest BCUT2D eigenvalue weighted by atomic mass is 10.1. The summed E-state index contributed by atoms with van der Waals surface area (Å²) in [6.45, 7) is 2.48. The first-order valence-electron chi connectivity index (χ1n) is 6.79. The van der Waals surface area contributed by atoms with Crippen molar-refractivity contribution in [1.82, 2.24) is 9.55 Å². The van der Waals surface area contributed by atoms with Gasteiger partial charge in [-0.3, -0.25) is 0 Å². The highest BCUT2D eigenvalue weighted by Crippen LogP contribution is 2.37. The van der Waals surface area contributed by atoms with Crippen molar-refractivity contribution >= 4 is 23.0 Å². The highest BCUT2D eigenvalue weighted by atomic mass is 16.5. The molecule has 0 spiro atoms. The van der Waals surface area contributed by atoms with Crippen LogP contribution in [0.5, 0.6) is 5.75 Å². The molecule has 21 heavy (non-hydrogen) atoms. The van der Waals surface area contributed by atoms with Crippen molar-refractivity contribution in [2.24, 2.45) is 0 Å². The predicted octanol–water partition coefficient (Wildman–Crippen LogP) is 2.30. The maximum atomic E-state index is 11.7. The van der Waals surface area contributed by atoms with Gasteiger partial charge < -0.3 is 19.8 Å². The van der Waals surface area contributed by atoms with Crippen LogP contribution >= 0.6 is 0 Å². The average Bonchev–Trinajstić information content (AvgIpc) is 2.83. The summed E-state index contributed by atoms with van der Waals surface area (Å²) in [5.41, 5.74) is 7.94. The summed E-state index contributed by atoms with van der Waals surface area (Å²) in [7, 11) is 1.35. The van der Waals surface area contributed by atoms with Crippen LogP contribution in [0.25, 0.3) is 11.0 Å². The second-order valence-electron chi connectivity index (χ2n) is 4.94. The van der Waals surface area contributed by atoms with Crippen LogP contribution in [0, 0.1) is 0 Å². The third-order valence-electron chi connectivity index (χ3n) is 3.64. The van der Waals surface area contributed by atoms with Gasteiger partial charge in [0.1, 0.15) is 17.9 Å². The van der Waals surface area contributed by atoms with Crippen LogP contribution in [0.4, 0.5) is 5.95 Å². The van der Waals surface area contributed by atoms with E-state index in [1.807, 2.05) is 17.6 Å². The molecular weight excluding hydrogens is 270 g/mol. The number of ether oxygens (including phenoxy) is 2. The van der Waals surface area contributed by atoms with E-state index in [0.717, 1.165) is 11.9 Å². The zero-order valence-corrected chi connectivity index (χ0v) is 12.0. The topological polar surface area (TPSA) is 79.4 Å². The highest BCUT2D eigenvalue weighted by Gasteiger charge is 2.26. The Morgan fingerprint density at radius 1 is 1.62 bits per heavy atom. The van der Waals surface area contributed by atoms with Gasteiger partial charge in [-0.15, -0.1) is 0 Å². The van der Waals surface area contributed by atoms with Gasteiger partial charge in [0, 0.05) is 0 Å². The lowest BCUT2D eigenvalue weighted by Crippen LogP contribution is -2.23. The number of hydrogen-bond donors (Lipinski definition) is 1. The minimum atomic E-state index is -0.416. The number of benzene rings is 1. The Bertz CT molecular complexity index is 733. The van der Waals surface area contributed by atoms with Gasteiger partial charge in [-0.2, -0.15) is 0 Å². The first-order valence-corrected chi connectivity index (χ1v) is 6.79. The predicted molar refractivity (Wildman–Crippen MR) is 79.4 cm³/mol. The van der Waals surface area contributed by atoms with Crippen molar-refractivity contribution < 1.29 is 14.3 Å². The molecular formula is C15H17N3O3. The van der Waals surface area contributed by atoms with Gasteiger partial charge in [0.05, 0.1) is 24.2 Å². The molecule has 0 saturated heterocycles. The molecule has 0 amide bonds. The maximum absolute atomic E-state index is 11.7. The molecule has 1 aliphatic rings. The number of esters is 1. The van der Waals surface area contributed by atoms with Gasteiger partial charge in [-0.05, 0) is 25.5 Å². The van der Waals surface area contributed by atoms with Crippen molar-refractivity contribution in [3.63, 3.8) is 0 Å². The summed E-state index contributed by atoms with van der Waals surface area (Å²) in [5, 5.41) is 0. The summed E-state index contributed by atoms with van der Waals surface area (Å²) in [6, 6.07) is 3.47. The number of nitrogens with zero attached hydrogens (tertiary/aromatic N) is 2. The van der Waals surface area contributed by atoms with Gasteiger partial charge in [-0.1, -0.05) is 12.2 Å². The molecule has 1 aromatic heterocycles. The van der Waals surface area contributed by atoms with Crippen LogP contribution in [0.15, 0.2) is 24.3 Å². The molecule has 2 heterocycles. The first kappa shape index (κ1) is 13.5. The van der Waals surface area contributed by atoms with Crippen LogP contribution in [-0.2, 0) is 4.74 Å². The standard InChI is InChI=1S/C15H17N3O3/c1-3-4-5-10-8-21-12-7-9(14(19)20-2)6-11-13(12)18(10)15(16)17-11/h3-4,6-7,10H,5,8H2,1-2H3,(H2,16,17). The summed E-state index contributed by atoms with van der Waals surface area (Å²) in [6.07, 6.45) is 4.90. The van der Waals surface area contributed by atoms with E-state index in [9.17, 15) is 4.79 Å². The van der Waals surface area contributed by atoms with E-state index >= 15 is 0 Å². The number of hydrogen-bond acceptors (Lipinski definition) is 5. The van der Waals surface area contributed by atoms with Gasteiger partial charge in [0.2, 0.25) is 5.95 Å². The first-order chi connectivity index (χ1) is 10.2. The Kier molecular flexibility index (Phi) is 3.29. The van der Waals surface area contributed by atoms with E-state index in [1.165, 1.54) is 7.11 Å². The van der Waals surface area contributed by atoms with Crippen LogP contribution in [0.2, 0.25) is 0 Å². The number of carbonyl (C=O) groups excluding carboxylic acids is 1. The number of allylic oxidation sites excluding steroid dienone is 2. The average molecular weight is 287 g/mol. The monoisotopic (exact) mass is 287 g/mol. The van der Waals surface area contributed by atoms with Crippen LogP contribution in [-0.4, -0.2) is 29.2 Å². The van der Waals surface area contributed by atoms with Crippen molar-refractivity contribution in [2.75, 3.05) is 19.5 Å². The molecule has 110 valence electrons. The molecule has 2 N–H and O–H groups in total. The fourth-order valence-electron chi connectivity index (χ4n) is 2.65. The minimum Gasteiger partial charge on any atom is -0.489 e. The molecule has 0 fully saturated rings. The Morgan fingerprint density at radius 2 is 2.43 bits per heavy atom. The second kappa shape index (κ2) is 5.12. The van der Waals surface area contributed by atoms with E-state index < -0.39 is 5.97 Å². The van der Waals surface area contributed by atoms with Crippen LogP contribution in [0.3, 0.4) is 0 Å². The van der Waals surface area contributed by atoms with Gasteiger partial charge in [0.25, 0.3) is 0 Å². The summed E-state index contributed by atoms with van der Waals surface area (Å²) in [5.74, 6) is 0.640. The van der Waals surface area contributed by atoms with E-state index in [-0.39, 0.29) is 6.04 Å². The van der Waals surface area contributed by atoms with Gasteiger partial charge in [-0.25, -0.2) is 9.78 Å². The molecule has 6 nitrogen and oxygen atoms in total. The van der Waals surface area contributed by atoms with E-state index in [2.05, 4.69) is 11.1 Å². The molecule has 1 atom stereocenters. The Morgan fingerprint density at radius 3 is 3.14 bits per heavy atom. The number of aromatic nitrogens is 2. The number of imidazole rings is 1. The van der Waals surface area contributed by atoms with E-state index in [1.54, 1.807) is 12.1 Å². The van der Waals surface area contributed by atoms with Crippen molar-refractivity contribution in [3.8, 4) is 5.75 Å². The fourth-order valence-corrected chi connectivity index (χ4v) is 2.65. The number of rotatable bonds is 3. The molecule has 0 bridgehead atoms. The SMILES string of the molecule is CC=CCC1COc2cc(C(=O)OC)cc3nc(N)n1c23. The molecule has 0 radical (unpaired) electrons. The zero-order valence-electron chi connectivity index (χ0n) is 12.0. The largest absolute Gasteiger partial charge is 0.489 e. The summed E-state index contributed by atoms with van der Waals surface area (Å²) >= 11 is 0. The smallest absolute Gasteiger partial charge is 0.338 e. The third-order valence-corrected chi connectivity index (χ3v) is 3.64. The molecule has 3 rings (SSSR count). The molecule has 2 aromatic rings. The normalized spacial score (nSPS) is 17.1. The molecule has 1 aliphatic heterocycles. The fraction of sp³-hybridized carbons (Fsp3) is 0.333. The minimum absolute atomic E-state index is 0.114. The quantitative estimate of drug-likeness (QED) is 0.692. The van der Waals surface area contributed by atoms with Gasteiger partial charge in [0.15, 0.2) is 0 Å². The molecule has 1 aromatic carbocycles. The zero-order chi connectivity index (χ0) is 15.0. The van der Waals surface area contributed by atoms with Crippen molar-refractivity contribution in [2.45, 2.75) is 19.4 Å². The molecule has 0 aliphatic carbocycles. The molecule has 6 heteroatoms. The summed E-state index contributed by atoms with van der Waals surface area (Å²) in [4.78, 5) is 16.0. The Labute approximate surface area is 122 Å². The van der Waals surface area contributed by atoms with E-state index in [0.29, 0.717) is 29.4 Å². The maximum Gasteiger partial charge on any atom is 0.338 e. The number of nitrogens with two attached hydrogens (primary N) is 1. The Balaban J connectivity index is 2.15. The lowest BCUT2D eigenvalue weighted by molar-refractivity contribution is 0.0600. The third kappa shape index (κ3) is 2.12. The number of methoxy groups -OCH3 is 1. The molecule has 1 unspecified atom stereocenters. The van der Waals surface area contributed by atoms with Crippen molar-refractivity contribution in [3.05, 3.63) is 29.8 Å². The van der Waals surface area contributed by atoms with Crippen LogP contribution < -0.4 is 10.5 Å². The Hall–Kier alpha value is -2.50. The number of anilines is 1. The number of nitrogen functional groups attached to an aromatic ring is 1. The lowest BCUT2D eigenvalue weighted by Gasteiger charge is -2.25. The molecule has 0 saturated carbocycles. The van der Waals surface area contributed by atoms with Crippen LogP contribution in [0.1, 0.15) is 29.7 Å². The highest BCUT2D eigenvalue weighted by molar-refractivity contribution is 5.97. The van der Waals surface area contributed by atoms with Gasteiger partial charge >= 0.3 is 5.97 Å². The second-order valence-corrected chi connectivity index (χ2v) is 4.94. The summed E-state index contributed by atoms with van der Waals surface area (Å²) < 4.78 is 12.5.